The third-order valence-corrected chi connectivity index (χ3v) is 8.00. The van der Waals surface area contributed by atoms with Gasteiger partial charge in [0, 0.05) is 23.8 Å². The summed E-state index contributed by atoms with van der Waals surface area (Å²) in [5.41, 5.74) is -0.722. The number of halogens is 4. The van der Waals surface area contributed by atoms with E-state index in [0.29, 0.717) is 33.0 Å². The first-order valence-corrected chi connectivity index (χ1v) is 12.1. The number of nitrogens with one attached hydrogen (secondary N) is 1. The summed E-state index contributed by atoms with van der Waals surface area (Å²) >= 11 is 6.09. The highest BCUT2D eigenvalue weighted by atomic mass is 35.5. The van der Waals surface area contributed by atoms with Gasteiger partial charge in [-0.3, -0.25) is 4.98 Å². The number of rotatable bonds is 5. The van der Waals surface area contributed by atoms with Crippen molar-refractivity contribution in [2.45, 2.75) is 54.8 Å². The van der Waals surface area contributed by atoms with E-state index in [9.17, 15) is 26.9 Å². The molecule has 3 aromatic heterocycles. The van der Waals surface area contributed by atoms with E-state index < -0.39 is 21.7 Å². The zero-order chi connectivity index (χ0) is 23.6. The molecule has 0 radical (unpaired) electrons. The second-order valence-electron chi connectivity index (χ2n) is 8.38. The summed E-state index contributed by atoms with van der Waals surface area (Å²) in [6.07, 6.45) is 0.0303. The molecular weight excluding hydrogens is 479 g/mol. The van der Waals surface area contributed by atoms with E-state index in [1.54, 1.807) is 10.8 Å². The van der Waals surface area contributed by atoms with Gasteiger partial charge in [-0.15, -0.1) is 0 Å². The molecule has 7 nitrogen and oxygen atoms in total. The number of alkyl halides is 3. The Morgan fingerprint density at radius 3 is 2.45 bits per heavy atom. The van der Waals surface area contributed by atoms with Crippen LogP contribution in [0, 0.1) is 11.3 Å². The summed E-state index contributed by atoms with van der Waals surface area (Å²) in [5.74, 6) is 0. The number of nitriles is 1. The van der Waals surface area contributed by atoms with Gasteiger partial charge >= 0.3 is 6.18 Å². The maximum absolute atomic E-state index is 13.2. The van der Waals surface area contributed by atoms with E-state index in [1.165, 1.54) is 18.3 Å². The van der Waals surface area contributed by atoms with Crippen molar-refractivity contribution in [1.29, 1.82) is 5.26 Å². The van der Waals surface area contributed by atoms with Crippen LogP contribution in [0.1, 0.15) is 43.7 Å². The number of hydrogen-bond donors (Lipinski definition) is 1. The van der Waals surface area contributed by atoms with Crippen LogP contribution in [0.25, 0.3) is 22.4 Å². The van der Waals surface area contributed by atoms with Crippen LogP contribution in [0.2, 0.25) is 5.02 Å². The minimum Gasteiger partial charge on any atom is -0.320 e. The lowest BCUT2D eigenvalue weighted by molar-refractivity contribution is -0.160. The summed E-state index contributed by atoms with van der Waals surface area (Å²) in [7, 11) is -4.44. The molecule has 1 N–H and O–H groups in total. The standard InChI is InChI=1S/C21H17ClF3N5O2S/c22-12-8-15-16(9-26)18(30(13-2-1-3-13)19(15)28-10-12)17-5-4-14(11-27-17)33(31,32)29-20(6-7-20)21(23,24)25/h4-5,8,10-11,13,29H,1-3,6-7H2. The van der Waals surface area contributed by atoms with Crippen LogP contribution in [-0.4, -0.2) is 34.7 Å². The maximum Gasteiger partial charge on any atom is 0.407 e. The van der Waals surface area contributed by atoms with Gasteiger partial charge in [0.15, 0.2) is 0 Å². The normalized spacial score (nSPS) is 18.2. The molecule has 0 unspecified atom stereocenters. The molecule has 3 heterocycles. The van der Waals surface area contributed by atoms with Crippen LogP contribution in [0.4, 0.5) is 13.2 Å². The van der Waals surface area contributed by atoms with Crippen LogP contribution in [-0.2, 0) is 10.0 Å². The van der Waals surface area contributed by atoms with Crippen molar-refractivity contribution >= 4 is 32.7 Å². The van der Waals surface area contributed by atoms with E-state index in [0.717, 1.165) is 25.5 Å². The Morgan fingerprint density at radius 2 is 1.94 bits per heavy atom. The van der Waals surface area contributed by atoms with Gasteiger partial charge < -0.3 is 4.57 Å². The Bertz CT molecular complexity index is 1400. The van der Waals surface area contributed by atoms with E-state index in [4.69, 9.17) is 11.6 Å². The van der Waals surface area contributed by atoms with Crippen molar-refractivity contribution < 1.29 is 21.6 Å². The number of fused-ring (bicyclic) bond motifs is 1. The van der Waals surface area contributed by atoms with Crippen molar-refractivity contribution in [3.8, 4) is 17.5 Å². The number of pyridine rings is 2. The fourth-order valence-electron chi connectivity index (χ4n) is 4.09. The first-order chi connectivity index (χ1) is 15.6. The second-order valence-corrected chi connectivity index (χ2v) is 10.5. The molecule has 0 bridgehead atoms. The third kappa shape index (κ3) is 3.57. The van der Waals surface area contributed by atoms with Gasteiger partial charge in [0.05, 0.1) is 22.0 Å². The molecule has 5 rings (SSSR count). The highest BCUT2D eigenvalue weighted by molar-refractivity contribution is 7.89. The number of nitrogens with zero attached hydrogens (tertiary/aromatic N) is 4. The Balaban J connectivity index is 1.58. The molecule has 2 fully saturated rings. The fourth-order valence-corrected chi connectivity index (χ4v) is 5.64. The van der Waals surface area contributed by atoms with Crippen molar-refractivity contribution in [1.82, 2.24) is 19.3 Å². The summed E-state index contributed by atoms with van der Waals surface area (Å²) < 4.78 is 68.5. The zero-order valence-corrected chi connectivity index (χ0v) is 18.6. The summed E-state index contributed by atoms with van der Waals surface area (Å²) in [6.45, 7) is 0. The molecule has 0 aromatic carbocycles. The molecule has 33 heavy (non-hydrogen) atoms. The SMILES string of the molecule is N#Cc1c(-c2ccc(S(=O)(=O)NC3(C(F)(F)F)CC3)cn2)n(C2CCC2)c2ncc(Cl)cc12. The molecule has 0 aliphatic heterocycles. The van der Waals surface area contributed by atoms with E-state index in [1.807, 2.05) is 4.57 Å². The average molecular weight is 496 g/mol. The summed E-state index contributed by atoms with van der Waals surface area (Å²) in [6, 6.07) is 6.52. The van der Waals surface area contributed by atoms with E-state index in [2.05, 4.69) is 16.0 Å². The quantitative estimate of drug-likeness (QED) is 0.552. The molecule has 172 valence electrons. The molecular formula is C21H17ClF3N5O2S. The largest absolute Gasteiger partial charge is 0.407 e. The summed E-state index contributed by atoms with van der Waals surface area (Å²) in [5, 5.41) is 10.8. The molecule has 0 spiro atoms. The van der Waals surface area contributed by atoms with Crippen molar-refractivity contribution in [2.24, 2.45) is 0 Å². The Morgan fingerprint density at radius 1 is 1.21 bits per heavy atom. The predicted molar refractivity (Wildman–Crippen MR) is 114 cm³/mol. The minimum absolute atomic E-state index is 0.103. The molecule has 2 saturated carbocycles. The smallest absolute Gasteiger partial charge is 0.320 e. The lowest BCUT2D eigenvalue weighted by atomic mass is 9.92. The topological polar surface area (TPSA) is 101 Å². The van der Waals surface area contributed by atoms with Gasteiger partial charge in [0.25, 0.3) is 0 Å². The van der Waals surface area contributed by atoms with Gasteiger partial charge in [0.1, 0.15) is 22.2 Å². The molecule has 3 aromatic rings. The highest BCUT2D eigenvalue weighted by Crippen LogP contribution is 2.49. The van der Waals surface area contributed by atoms with Gasteiger partial charge in [0.2, 0.25) is 10.0 Å². The first-order valence-electron chi connectivity index (χ1n) is 10.2. The lowest BCUT2D eigenvalue weighted by Gasteiger charge is -2.29. The highest BCUT2D eigenvalue weighted by Gasteiger charge is 2.65. The van der Waals surface area contributed by atoms with Crippen LogP contribution >= 0.6 is 11.6 Å². The molecule has 0 amide bonds. The maximum atomic E-state index is 13.2. The zero-order valence-electron chi connectivity index (χ0n) is 17.0. The molecule has 12 heteroatoms. The van der Waals surface area contributed by atoms with Crippen LogP contribution in [0.5, 0.6) is 0 Å². The number of sulfonamides is 1. The van der Waals surface area contributed by atoms with Gasteiger partial charge in [-0.05, 0) is 50.3 Å². The van der Waals surface area contributed by atoms with E-state index in [-0.39, 0.29) is 23.8 Å². The van der Waals surface area contributed by atoms with Crippen molar-refractivity contribution in [3.63, 3.8) is 0 Å². The molecule has 2 aliphatic rings. The molecule has 0 atom stereocenters. The predicted octanol–water partition coefficient (Wildman–Crippen LogP) is 4.72. The van der Waals surface area contributed by atoms with Gasteiger partial charge in [-0.1, -0.05) is 11.6 Å². The summed E-state index contributed by atoms with van der Waals surface area (Å²) in [4.78, 5) is 8.25. The van der Waals surface area contributed by atoms with Crippen LogP contribution in [0.3, 0.4) is 0 Å². The first kappa shape index (κ1) is 22.1. The van der Waals surface area contributed by atoms with Crippen molar-refractivity contribution in [3.05, 3.63) is 41.2 Å². The number of hydrogen-bond acceptors (Lipinski definition) is 5. The Hall–Kier alpha value is -2.68. The van der Waals surface area contributed by atoms with E-state index >= 15 is 0 Å². The lowest BCUT2D eigenvalue weighted by Crippen LogP contribution is -2.47. The van der Waals surface area contributed by atoms with Gasteiger partial charge in [-0.2, -0.15) is 23.2 Å². The minimum atomic E-state index is -4.67. The Kier molecular flexibility index (Phi) is 4.97. The number of aromatic nitrogens is 3. The van der Waals surface area contributed by atoms with Crippen LogP contribution in [0.15, 0.2) is 35.5 Å². The molecule has 0 saturated heterocycles. The monoisotopic (exact) mass is 495 g/mol. The second kappa shape index (κ2) is 7.41. The fraction of sp³-hybridized carbons (Fsp3) is 0.381. The average Bonchev–Trinajstić information content (AvgIpc) is 3.43. The molecule has 2 aliphatic carbocycles. The van der Waals surface area contributed by atoms with Crippen molar-refractivity contribution in [2.75, 3.05) is 0 Å². The Labute approximate surface area is 192 Å². The third-order valence-electron chi connectivity index (χ3n) is 6.27. The van der Waals surface area contributed by atoms with Crippen LogP contribution < -0.4 is 4.72 Å². The van der Waals surface area contributed by atoms with Gasteiger partial charge in [-0.25, -0.2) is 13.4 Å².